The van der Waals surface area contributed by atoms with Crippen molar-refractivity contribution in [1.82, 2.24) is 9.29 Å². The third-order valence-corrected chi connectivity index (χ3v) is 6.27. The highest BCUT2D eigenvalue weighted by Crippen LogP contribution is 2.31. The molecule has 96 valence electrons. The lowest BCUT2D eigenvalue weighted by Gasteiger charge is -2.35. The smallest absolute Gasteiger partial charge is 0.254 e. The van der Waals surface area contributed by atoms with E-state index >= 15 is 0 Å². The first-order valence-electron chi connectivity index (χ1n) is 5.61. The Morgan fingerprint density at radius 2 is 2.29 bits per heavy atom. The average Bonchev–Trinajstić information content (AvgIpc) is 2.62. The molecule has 0 atom stereocenters. The second kappa shape index (κ2) is 5.01. The number of aliphatic hydroxyl groups excluding tert-OH is 1. The summed E-state index contributed by atoms with van der Waals surface area (Å²) in [7, 11) is -3.47. The van der Waals surface area contributed by atoms with Crippen LogP contribution in [-0.4, -0.2) is 42.0 Å². The zero-order valence-corrected chi connectivity index (χ0v) is 11.3. The molecule has 1 aliphatic rings. The Labute approximate surface area is 105 Å². The molecule has 0 aliphatic heterocycles. The van der Waals surface area contributed by atoms with Gasteiger partial charge in [-0.05, 0) is 19.8 Å². The van der Waals surface area contributed by atoms with E-state index in [2.05, 4.69) is 4.98 Å². The van der Waals surface area contributed by atoms with E-state index in [-0.39, 0.29) is 23.4 Å². The van der Waals surface area contributed by atoms with Crippen molar-refractivity contribution in [1.29, 1.82) is 0 Å². The van der Waals surface area contributed by atoms with Crippen molar-refractivity contribution in [3.8, 4) is 0 Å². The number of aliphatic hydroxyl groups is 1. The van der Waals surface area contributed by atoms with Gasteiger partial charge in [-0.3, -0.25) is 0 Å². The largest absolute Gasteiger partial charge is 0.395 e. The maximum Gasteiger partial charge on any atom is 0.254 e. The molecule has 1 N–H and O–H groups in total. The van der Waals surface area contributed by atoms with Gasteiger partial charge in [-0.15, -0.1) is 11.3 Å². The van der Waals surface area contributed by atoms with Crippen LogP contribution in [0.5, 0.6) is 0 Å². The highest BCUT2D eigenvalue weighted by atomic mass is 32.2. The zero-order valence-electron chi connectivity index (χ0n) is 9.66. The Bertz CT molecular complexity index is 479. The van der Waals surface area contributed by atoms with Gasteiger partial charge in [-0.2, -0.15) is 4.31 Å². The van der Waals surface area contributed by atoms with Gasteiger partial charge < -0.3 is 5.11 Å². The molecule has 7 heteroatoms. The Morgan fingerprint density at radius 3 is 2.71 bits per heavy atom. The van der Waals surface area contributed by atoms with Crippen LogP contribution in [0, 0.1) is 6.92 Å². The van der Waals surface area contributed by atoms with Crippen LogP contribution in [0.1, 0.15) is 24.3 Å². The predicted octanol–water partition coefficient (Wildman–Crippen LogP) is 0.987. The maximum atomic E-state index is 12.4. The Kier molecular flexibility index (Phi) is 3.82. The number of aromatic nitrogens is 1. The standard InChI is InChI=1S/C10H16N2O3S2/c1-8-11-7-10(16-8)17(14,15)12(5-6-13)9-3-2-4-9/h7,9,13H,2-6H2,1H3. The first-order chi connectivity index (χ1) is 8.05. The average molecular weight is 276 g/mol. The summed E-state index contributed by atoms with van der Waals surface area (Å²) in [5, 5.41) is 9.74. The summed E-state index contributed by atoms with van der Waals surface area (Å²) in [4.78, 5) is 3.98. The molecular weight excluding hydrogens is 260 g/mol. The fraction of sp³-hybridized carbons (Fsp3) is 0.700. The highest BCUT2D eigenvalue weighted by Gasteiger charge is 2.35. The lowest BCUT2D eigenvalue weighted by Crippen LogP contribution is -2.45. The summed E-state index contributed by atoms with van der Waals surface area (Å²) in [5.74, 6) is 0. The van der Waals surface area contributed by atoms with Gasteiger partial charge in [0.25, 0.3) is 10.0 Å². The van der Waals surface area contributed by atoms with Gasteiger partial charge >= 0.3 is 0 Å². The minimum absolute atomic E-state index is 0.0505. The molecule has 1 fully saturated rings. The molecule has 0 unspecified atom stereocenters. The monoisotopic (exact) mass is 276 g/mol. The molecule has 17 heavy (non-hydrogen) atoms. The summed E-state index contributed by atoms with van der Waals surface area (Å²) in [6.07, 6.45) is 4.23. The lowest BCUT2D eigenvalue weighted by molar-refractivity contribution is 0.178. The minimum Gasteiger partial charge on any atom is -0.395 e. The van der Waals surface area contributed by atoms with Gasteiger partial charge in [0.15, 0.2) is 4.21 Å². The van der Waals surface area contributed by atoms with E-state index in [9.17, 15) is 8.42 Å². The number of sulfonamides is 1. The number of rotatable bonds is 5. The topological polar surface area (TPSA) is 70.5 Å². The SMILES string of the molecule is Cc1ncc(S(=O)(=O)N(CCO)C2CCC2)s1. The van der Waals surface area contributed by atoms with Crippen molar-refractivity contribution in [2.45, 2.75) is 36.4 Å². The van der Waals surface area contributed by atoms with Crippen LogP contribution in [0.15, 0.2) is 10.4 Å². The predicted molar refractivity (Wildman–Crippen MR) is 65.5 cm³/mol. The van der Waals surface area contributed by atoms with E-state index in [1.54, 1.807) is 6.92 Å². The summed E-state index contributed by atoms with van der Waals surface area (Å²) in [6, 6.07) is 0.0505. The number of aryl methyl sites for hydroxylation is 1. The maximum absolute atomic E-state index is 12.4. The Balaban J connectivity index is 2.27. The van der Waals surface area contributed by atoms with Crippen molar-refractivity contribution in [3.63, 3.8) is 0 Å². The second-order valence-electron chi connectivity index (χ2n) is 4.12. The van der Waals surface area contributed by atoms with Crippen molar-refractivity contribution in [2.24, 2.45) is 0 Å². The summed E-state index contributed by atoms with van der Waals surface area (Å²) >= 11 is 1.18. The van der Waals surface area contributed by atoms with E-state index in [1.807, 2.05) is 0 Å². The third-order valence-electron chi connectivity index (χ3n) is 2.97. The van der Waals surface area contributed by atoms with Gasteiger partial charge in [-0.1, -0.05) is 6.42 Å². The molecule has 0 radical (unpaired) electrons. The highest BCUT2D eigenvalue weighted by molar-refractivity contribution is 7.91. The lowest BCUT2D eigenvalue weighted by atomic mass is 9.93. The van der Waals surface area contributed by atoms with E-state index in [1.165, 1.54) is 21.8 Å². The first kappa shape index (κ1) is 12.9. The van der Waals surface area contributed by atoms with Crippen molar-refractivity contribution >= 4 is 21.4 Å². The van der Waals surface area contributed by atoms with Gasteiger partial charge in [0.05, 0.1) is 17.8 Å². The molecule has 1 aliphatic carbocycles. The summed E-state index contributed by atoms with van der Waals surface area (Å²) < 4.78 is 26.4. The fourth-order valence-corrected chi connectivity index (χ4v) is 4.76. The van der Waals surface area contributed by atoms with Crippen molar-refractivity contribution in [2.75, 3.05) is 13.2 Å². The molecule has 1 heterocycles. The number of hydrogen-bond acceptors (Lipinski definition) is 5. The number of hydrogen-bond donors (Lipinski definition) is 1. The minimum atomic E-state index is -3.47. The molecule has 5 nitrogen and oxygen atoms in total. The third kappa shape index (κ3) is 2.52. The molecular formula is C10H16N2O3S2. The Hall–Kier alpha value is -0.500. The summed E-state index contributed by atoms with van der Waals surface area (Å²) in [6.45, 7) is 1.81. The van der Waals surface area contributed by atoms with Crippen LogP contribution in [0.4, 0.5) is 0 Å². The van der Waals surface area contributed by atoms with Gasteiger partial charge in [0.2, 0.25) is 0 Å². The second-order valence-corrected chi connectivity index (χ2v) is 7.47. The zero-order chi connectivity index (χ0) is 12.5. The quantitative estimate of drug-likeness (QED) is 0.870. The molecule has 0 aromatic carbocycles. The Morgan fingerprint density at radius 1 is 1.59 bits per heavy atom. The van der Waals surface area contributed by atoms with Crippen LogP contribution in [0.3, 0.4) is 0 Å². The normalized spacial score (nSPS) is 17.4. The molecule has 1 aromatic rings. The molecule has 0 amide bonds. The number of thiazole rings is 1. The van der Waals surface area contributed by atoms with Crippen molar-refractivity contribution < 1.29 is 13.5 Å². The van der Waals surface area contributed by atoms with Crippen LogP contribution in [-0.2, 0) is 10.0 Å². The first-order valence-corrected chi connectivity index (χ1v) is 7.86. The van der Waals surface area contributed by atoms with Crippen LogP contribution in [0.25, 0.3) is 0 Å². The fourth-order valence-electron chi connectivity index (χ4n) is 1.85. The molecule has 0 bridgehead atoms. The molecule has 1 saturated carbocycles. The van der Waals surface area contributed by atoms with Crippen molar-refractivity contribution in [3.05, 3.63) is 11.2 Å². The van der Waals surface area contributed by atoms with Crippen LogP contribution < -0.4 is 0 Å². The van der Waals surface area contributed by atoms with Gasteiger partial charge in [0.1, 0.15) is 0 Å². The molecule has 0 spiro atoms. The van der Waals surface area contributed by atoms with E-state index in [0.717, 1.165) is 24.3 Å². The van der Waals surface area contributed by atoms with Gasteiger partial charge in [-0.25, -0.2) is 13.4 Å². The van der Waals surface area contributed by atoms with E-state index in [4.69, 9.17) is 5.11 Å². The summed E-state index contributed by atoms with van der Waals surface area (Å²) in [5.41, 5.74) is 0. The molecule has 2 rings (SSSR count). The van der Waals surface area contributed by atoms with Gasteiger partial charge in [0, 0.05) is 12.6 Å². The van der Waals surface area contributed by atoms with Crippen LogP contribution >= 0.6 is 11.3 Å². The molecule has 0 saturated heterocycles. The number of nitrogens with zero attached hydrogens (tertiary/aromatic N) is 2. The van der Waals surface area contributed by atoms with E-state index < -0.39 is 10.0 Å². The van der Waals surface area contributed by atoms with Crippen LogP contribution in [0.2, 0.25) is 0 Å². The molecule has 1 aromatic heterocycles. The van der Waals surface area contributed by atoms with E-state index in [0.29, 0.717) is 0 Å².